The Morgan fingerprint density at radius 2 is 2.00 bits per heavy atom. The first kappa shape index (κ1) is 11.5. The number of aryl methyl sites for hydroxylation is 1. The zero-order valence-electron chi connectivity index (χ0n) is 11.3. The molecule has 2 heterocycles. The number of hydrogen-bond acceptors (Lipinski definition) is 3. The third-order valence-corrected chi connectivity index (χ3v) is 3.98. The highest BCUT2D eigenvalue weighted by Crippen LogP contribution is 2.42. The van der Waals surface area contributed by atoms with Gasteiger partial charge in [0.1, 0.15) is 5.52 Å². The number of imidazole rings is 1. The molecule has 0 radical (unpaired) electrons. The van der Waals surface area contributed by atoms with Crippen LogP contribution in [0.3, 0.4) is 0 Å². The maximum atomic E-state index is 4.44. The first-order valence-electron chi connectivity index (χ1n) is 6.90. The SMILES string of the molecule is Cn1cnc2c(NC3CC3c3ccccc3)nccc21. The van der Waals surface area contributed by atoms with Crippen molar-refractivity contribution < 1.29 is 0 Å². The molecule has 100 valence electrons. The van der Waals surface area contributed by atoms with Gasteiger partial charge in [0.25, 0.3) is 0 Å². The number of hydrogen-bond donors (Lipinski definition) is 1. The van der Waals surface area contributed by atoms with Crippen LogP contribution in [0.25, 0.3) is 11.0 Å². The zero-order chi connectivity index (χ0) is 13.5. The van der Waals surface area contributed by atoms with E-state index < -0.39 is 0 Å². The van der Waals surface area contributed by atoms with Crippen LogP contribution >= 0.6 is 0 Å². The number of fused-ring (bicyclic) bond motifs is 1. The molecule has 20 heavy (non-hydrogen) atoms. The Balaban J connectivity index is 1.58. The van der Waals surface area contributed by atoms with Crippen LogP contribution in [-0.2, 0) is 7.05 Å². The molecule has 1 saturated carbocycles. The van der Waals surface area contributed by atoms with Crippen LogP contribution in [0.1, 0.15) is 17.9 Å². The van der Waals surface area contributed by atoms with E-state index in [-0.39, 0.29) is 0 Å². The first-order chi connectivity index (χ1) is 9.83. The third-order valence-electron chi connectivity index (χ3n) is 3.98. The van der Waals surface area contributed by atoms with E-state index in [9.17, 15) is 0 Å². The smallest absolute Gasteiger partial charge is 0.154 e. The quantitative estimate of drug-likeness (QED) is 0.791. The maximum absolute atomic E-state index is 4.44. The Morgan fingerprint density at radius 1 is 1.15 bits per heavy atom. The van der Waals surface area contributed by atoms with Crippen molar-refractivity contribution in [1.82, 2.24) is 14.5 Å². The summed E-state index contributed by atoms with van der Waals surface area (Å²) in [6.07, 6.45) is 4.83. The number of nitrogens with one attached hydrogen (secondary N) is 1. The van der Waals surface area contributed by atoms with Crippen molar-refractivity contribution in [2.24, 2.45) is 7.05 Å². The molecule has 1 fully saturated rings. The molecule has 0 aliphatic heterocycles. The Kier molecular flexibility index (Phi) is 2.49. The van der Waals surface area contributed by atoms with Gasteiger partial charge in [-0.25, -0.2) is 9.97 Å². The summed E-state index contributed by atoms with van der Waals surface area (Å²) >= 11 is 0. The molecule has 1 N–H and O–H groups in total. The molecule has 2 unspecified atom stereocenters. The Bertz CT molecular complexity index is 748. The van der Waals surface area contributed by atoms with Gasteiger partial charge in [-0.05, 0) is 18.1 Å². The lowest BCUT2D eigenvalue weighted by atomic mass is 10.1. The van der Waals surface area contributed by atoms with Crippen molar-refractivity contribution in [3.63, 3.8) is 0 Å². The highest BCUT2D eigenvalue weighted by molar-refractivity contribution is 5.86. The monoisotopic (exact) mass is 264 g/mol. The van der Waals surface area contributed by atoms with Crippen molar-refractivity contribution >= 4 is 16.9 Å². The fourth-order valence-corrected chi connectivity index (χ4v) is 2.77. The fraction of sp³-hybridized carbons (Fsp3) is 0.250. The van der Waals surface area contributed by atoms with Gasteiger partial charge in [0.2, 0.25) is 0 Å². The van der Waals surface area contributed by atoms with Gasteiger partial charge in [0.05, 0.1) is 11.8 Å². The molecule has 4 heteroatoms. The minimum atomic E-state index is 0.470. The largest absolute Gasteiger partial charge is 0.365 e. The Labute approximate surface area is 117 Å². The average Bonchev–Trinajstić information content (AvgIpc) is 3.15. The van der Waals surface area contributed by atoms with E-state index in [0.29, 0.717) is 12.0 Å². The number of nitrogens with zero attached hydrogens (tertiary/aromatic N) is 3. The van der Waals surface area contributed by atoms with Crippen LogP contribution in [0.4, 0.5) is 5.82 Å². The number of aromatic nitrogens is 3. The van der Waals surface area contributed by atoms with E-state index >= 15 is 0 Å². The summed E-state index contributed by atoms with van der Waals surface area (Å²) in [5, 5.41) is 3.53. The second kappa shape index (κ2) is 4.34. The molecular weight excluding hydrogens is 248 g/mol. The number of pyridine rings is 1. The maximum Gasteiger partial charge on any atom is 0.154 e. The predicted molar refractivity (Wildman–Crippen MR) is 79.7 cm³/mol. The number of benzene rings is 1. The van der Waals surface area contributed by atoms with Gasteiger partial charge in [0.15, 0.2) is 5.82 Å². The second-order valence-corrected chi connectivity index (χ2v) is 5.39. The van der Waals surface area contributed by atoms with Gasteiger partial charge in [-0.3, -0.25) is 0 Å². The lowest BCUT2D eigenvalue weighted by molar-refractivity contribution is 0.947. The summed E-state index contributed by atoms with van der Waals surface area (Å²) in [4.78, 5) is 8.88. The van der Waals surface area contributed by atoms with Crippen LogP contribution in [0.15, 0.2) is 48.9 Å². The molecule has 2 atom stereocenters. The molecule has 4 nitrogen and oxygen atoms in total. The van der Waals surface area contributed by atoms with Gasteiger partial charge < -0.3 is 9.88 Å². The topological polar surface area (TPSA) is 42.7 Å². The minimum Gasteiger partial charge on any atom is -0.365 e. The van der Waals surface area contributed by atoms with Crippen LogP contribution < -0.4 is 5.32 Å². The summed E-state index contributed by atoms with van der Waals surface area (Å²) in [7, 11) is 2.00. The van der Waals surface area contributed by atoms with Crippen molar-refractivity contribution in [1.29, 1.82) is 0 Å². The standard InChI is InChI=1S/C16H16N4/c1-20-10-18-15-14(20)7-8-17-16(15)19-13-9-12(13)11-5-3-2-4-6-11/h2-8,10,12-13H,9H2,1H3,(H,17,19). The normalized spacial score (nSPS) is 21.1. The molecule has 4 rings (SSSR count). The highest BCUT2D eigenvalue weighted by atomic mass is 15.1. The van der Waals surface area contributed by atoms with E-state index in [1.165, 1.54) is 5.56 Å². The Morgan fingerprint density at radius 3 is 2.85 bits per heavy atom. The summed E-state index contributed by atoms with van der Waals surface area (Å²) in [6, 6.07) is 13.1. The van der Waals surface area contributed by atoms with Crippen molar-refractivity contribution in [2.75, 3.05) is 5.32 Å². The molecule has 0 amide bonds. The molecule has 1 aliphatic carbocycles. The van der Waals surface area contributed by atoms with Crippen LogP contribution in [-0.4, -0.2) is 20.6 Å². The van der Waals surface area contributed by atoms with E-state index in [0.717, 1.165) is 23.3 Å². The van der Waals surface area contributed by atoms with Gasteiger partial charge in [-0.2, -0.15) is 0 Å². The number of anilines is 1. The van der Waals surface area contributed by atoms with E-state index in [2.05, 4.69) is 45.6 Å². The second-order valence-electron chi connectivity index (χ2n) is 5.39. The average molecular weight is 264 g/mol. The molecule has 0 spiro atoms. The summed E-state index contributed by atoms with van der Waals surface area (Å²) < 4.78 is 2.02. The summed E-state index contributed by atoms with van der Waals surface area (Å²) in [5.41, 5.74) is 3.46. The molecule has 0 bridgehead atoms. The summed E-state index contributed by atoms with van der Waals surface area (Å²) in [5.74, 6) is 1.49. The highest BCUT2D eigenvalue weighted by Gasteiger charge is 2.38. The lowest BCUT2D eigenvalue weighted by Crippen LogP contribution is -2.06. The van der Waals surface area contributed by atoms with Gasteiger partial charge in [-0.1, -0.05) is 30.3 Å². The van der Waals surface area contributed by atoms with Crippen LogP contribution in [0.5, 0.6) is 0 Å². The van der Waals surface area contributed by atoms with Gasteiger partial charge in [-0.15, -0.1) is 0 Å². The molecule has 0 saturated heterocycles. The Hall–Kier alpha value is -2.36. The minimum absolute atomic E-state index is 0.470. The van der Waals surface area contributed by atoms with E-state index in [1.54, 1.807) is 0 Å². The van der Waals surface area contributed by atoms with Crippen molar-refractivity contribution in [3.05, 3.63) is 54.5 Å². The summed E-state index contributed by atoms with van der Waals surface area (Å²) in [6.45, 7) is 0. The van der Waals surface area contributed by atoms with Gasteiger partial charge in [0, 0.05) is 25.2 Å². The van der Waals surface area contributed by atoms with Crippen molar-refractivity contribution in [3.8, 4) is 0 Å². The van der Waals surface area contributed by atoms with Crippen LogP contribution in [0.2, 0.25) is 0 Å². The van der Waals surface area contributed by atoms with Gasteiger partial charge >= 0.3 is 0 Å². The predicted octanol–water partition coefficient (Wildman–Crippen LogP) is 2.94. The van der Waals surface area contributed by atoms with E-state index in [1.807, 2.05) is 30.2 Å². The molecule has 2 aromatic heterocycles. The van der Waals surface area contributed by atoms with Crippen molar-refractivity contribution in [2.45, 2.75) is 18.4 Å². The molecule has 1 aromatic carbocycles. The first-order valence-corrected chi connectivity index (χ1v) is 6.90. The van der Waals surface area contributed by atoms with E-state index in [4.69, 9.17) is 0 Å². The fourth-order valence-electron chi connectivity index (χ4n) is 2.77. The molecule has 3 aromatic rings. The molecular formula is C16H16N4. The third kappa shape index (κ3) is 1.84. The van der Waals surface area contributed by atoms with Crippen LogP contribution in [0, 0.1) is 0 Å². The number of rotatable bonds is 3. The molecule has 1 aliphatic rings. The zero-order valence-corrected chi connectivity index (χ0v) is 11.3. The lowest BCUT2D eigenvalue weighted by Gasteiger charge is -2.06.